The molecule has 0 aliphatic carbocycles. The van der Waals surface area contributed by atoms with Crippen molar-refractivity contribution < 1.29 is 14.3 Å². The number of nitrogens with zero attached hydrogens (tertiary/aromatic N) is 1. The second kappa shape index (κ2) is 9.84. The lowest BCUT2D eigenvalue weighted by Crippen LogP contribution is -2.42. The number of benzene rings is 1. The molecule has 0 aliphatic heterocycles. The van der Waals surface area contributed by atoms with E-state index in [1.807, 2.05) is 38.1 Å². The Labute approximate surface area is 138 Å². The Morgan fingerprint density at radius 2 is 1.74 bits per heavy atom. The van der Waals surface area contributed by atoms with E-state index in [1.54, 1.807) is 19.1 Å². The molecule has 0 spiro atoms. The van der Waals surface area contributed by atoms with Crippen LogP contribution in [0.5, 0.6) is 5.75 Å². The largest absolute Gasteiger partial charge is 0.497 e. The highest BCUT2D eigenvalue weighted by Gasteiger charge is 2.11. The molecule has 0 atom stereocenters. The number of carbonyl (C=O) groups is 2. The molecule has 2 N–H and O–H groups in total. The van der Waals surface area contributed by atoms with Crippen LogP contribution >= 0.6 is 0 Å². The van der Waals surface area contributed by atoms with Crippen molar-refractivity contribution in [3.05, 3.63) is 29.8 Å². The molecule has 0 fully saturated rings. The van der Waals surface area contributed by atoms with Gasteiger partial charge in [0.25, 0.3) is 0 Å². The van der Waals surface area contributed by atoms with Gasteiger partial charge in [-0.25, -0.2) is 0 Å². The number of rotatable bonds is 9. The third-order valence-electron chi connectivity index (χ3n) is 3.17. The molecular formula is C17H27N3O3. The van der Waals surface area contributed by atoms with Gasteiger partial charge in [0.05, 0.1) is 20.2 Å². The summed E-state index contributed by atoms with van der Waals surface area (Å²) in [5.74, 6) is 0.658. The topological polar surface area (TPSA) is 70.7 Å². The number of hydrogen-bond acceptors (Lipinski definition) is 4. The highest BCUT2D eigenvalue weighted by molar-refractivity contribution is 5.81. The molecule has 6 heteroatoms. The van der Waals surface area contributed by atoms with E-state index in [2.05, 4.69) is 10.6 Å². The summed E-state index contributed by atoms with van der Waals surface area (Å²) in [5.41, 5.74) is 1.13. The first-order valence-corrected chi connectivity index (χ1v) is 7.78. The smallest absolute Gasteiger partial charge is 0.234 e. The summed E-state index contributed by atoms with van der Waals surface area (Å²) in [5, 5.41) is 5.66. The van der Waals surface area contributed by atoms with Crippen molar-refractivity contribution in [2.45, 2.75) is 26.3 Å². The fraction of sp³-hybridized carbons (Fsp3) is 0.529. The molecule has 0 unspecified atom stereocenters. The Kier molecular flexibility index (Phi) is 8.11. The standard InChI is InChI=1S/C17H27N3O3/c1-13(2)19-17(22)12-20(3)11-16(21)18-10-9-14-5-7-15(23-4)8-6-14/h5-8,13H,9-12H2,1-4H3,(H,18,21)(H,19,22). The highest BCUT2D eigenvalue weighted by atomic mass is 16.5. The molecule has 1 rings (SSSR count). The Hall–Kier alpha value is -2.08. The molecule has 0 heterocycles. The summed E-state index contributed by atoms with van der Waals surface area (Å²) in [6.07, 6.45) is 0.757. The molecule has 2 amide bonds. The van der Waals surface area contributed by atoms with E-state index >= 15 is 0 Å². The number of hydrogen-bond donors (Lipinski definition) is 2. The number of nitrogens with one attached hydrogen (secondary N) is 2. The van der Waals surface area contributed by atoms with E-state index in [0.717, 1.165) is 17.7 Å². The predicted octanol–water partition coefficient (Wildman–Crippen LogP) is 0.810. The van der Waals surface area contributed by atoms with Gasteiger partial charge in [0.2, 0.25) is 11.8 Å². The fourth-order valence-electron chi connectivity index (χ4n) is 2.11. The molecular weight excluding hydrogens is 294 g/mol. The summed E-state index contributed by atoms with van der Waals surface area (Å²) >= 11 is 0. The van der Waals surface area contributed by atoms with Gasteiger partial charge >= 0.3 is 0 Å². The molecule has 0 aromatic heterocycles. The van der Waals surface area contributed by atoms with Gasteiger partial charge < -0.3 is 15.4 Å². The number of ether oxygens (including phenoxy) is 1. The van der Waals surface area contributed by atoms with Crippen LogP contribution in [-0.2, 0) is 16.0 Å². The Morgan fingerprint density at radius 1 is 1.13 bits per heavy atom. The van der Waals surface area contributed by atoms with Crippen molar-refractivity contribution >= 4 is 11.8 Å². The van der Waals surface area contributed by atoms with E-state index in [9.17, 15) is 9.59 Å². The zero-order valence-electron chi connectivity index (χ0n) is 14.4. The summed E-state index contributed by atoms with van der Waals surface area (Å²) in [7, 11) is 3.39. The average Bonchev–Trinajstić information content (AvgIpc) is 2.46. The Balaban J connectivity index is 2.24. The zero-order chi connectivity index (χ0) is 17.2. The van der Waals surface area contributed by atoms with Crippen LogP contribution in [0.15, 0.2) is 24.3 Å². The van der Waals surface area contributed by atoms with Gasteiger partial charge in [-0.15, -0.1) is 0 Å². The maximum Gasteiger partial charge on any atom is 0.234 e. The average molecular weight is 321 g/mol. The molecule has 0 saturated carbocycles. The molecule has 0 aliphatic rings. The second-order valence-electron chi connectivity index (χ2n) is 5.84. The van der Waals surface area contributed by atoms with Gasteiger partial charge in [0.1, 0.15) is 5.75 Å². The van der Waals surface area contributed by atoms with Crippen LogP contribution in [0.25, 0.3) is 0 Å². The van der Waals surface area contributed by atoms with Crippen molar-refractivity contribution in [2.75, 3.05) is 33.8 Å². The predicted molar refractivity (Wildman–Crippen MR) is 90.5 cm³/mol. The number of carbonyl (C=O) groups excluding carboxylic acids is 2. The van der Waals surface area contributed by atoms with Crippen molar-refractivity contribution in [1.29, 1.82) is 0 Å². The van der Waals surface area contributed by atoms with Crippen LogP contribution < -0.4 is 15.4 Å². The van der Waals surface area contributed by atoms with Crippen LogP contribution in [-0.4, -0.2) is 56.5 Å². The van der Waals surface area contributed by atoms with Crippen LogP contribution in [0.1, 0.15) is 19.4 Å². The first kappa shape index (κ1) is 19.0. The molecule has 1 aromatic rings. The lowest BCUT2D eigenvalue weighted by Gasteiger charge is -2.17. The Morgan fingerprint density at radius 3 is 2.30 bits per heavy atom. The first-order valence-electron chi connectivity index (χ1n) is 7.78. The lowest BCUT2D eigenvalue weighted by molar-refractivity contribution is -0.124. The molecule has 6 nitrogen and oxygen atoms in total. The minimum atomic E-state index is -0.0849. The van der Waals surface area contributed by atoms with E-state index in [1.165, 1.54) is 0 Å². The summed E-state index contributed by atoms with van der Waals surface area (Å²) in [6.45, 7) is 4.79. The zero-order valence-corrected chi connectivity index (χ0v) is 14.4. The van der Waals surface area contributed by atoms with Gasteiger partial charge in [-0.1, -0.05) is 12.1 Å². The third-order valence-corrected chi connectivity index (χ3v) is 3.17. The van der Waals surface area contributed by atoms with Crippen molar-refractivity contribution in [3.8, 4) is 5.75 Å². The van der Waals surface area contributed by atoms with Crippen LogP contribution in [0.3, 0.4) is 0 Å². The fourth-order valence-corrected chi connectivity index (χ4v) is 2.11. The minimum Gasteiger partial charge on any atom is -0.497 e. The molecule has 1 aromatic carbocycles. The molecule has 128 valence electrons. The van der Waals surface area contributed by atoms with E-state index in [4.69, 9.17) is 4.74 Å². The molecule has 0 bridgehead atoms. The monoisotopic (exact) mass is 321 g/mol. The molecule has 0 radical (unpaired) electrons. The Bertz CT molecular complexity index is 500. The summed E-state index contributed by atoms with van der Waals surface area (Å²) < 4.78 is 5.10. The lowest BCUT2D eigenvalue weighted by atomic mass is 10.1. The van der Waals surface area contributed by atoms with Gasteiger partial charge in [-0.05, 0) is 45.0 Å². The third kappa shape index (κ3) is 8.21. The highest BCUT2D eigenvalue weighted by Crippen LogP contribution is 2.11. The second-order valence-corrected chi connectivity index (χ2v) is 5.84. The SMILES string of the molecule is COc1ccc(CCNC(=O)CN(C)CC(=O)NC(C)C)cc1. The normalized spacial score (nSPS) is 10.7. The molecule has 0 saturated heterocycles. The van der Waals surface area contributed by atoms with Crippen LogP contribution in [0.2, 0.25) is 0 Å². The quantitative estimate of drug-likeness (QED) is 0.706. The van der Waals surface area contributed by atoms with Crippen LogP contribution in [0.4, 0.5) is 0 Å². The summed E-state index contributed by atoms with van der Waals surface area (Å²) in [6, 6.07) is 7.87. The van der Waals surface area contributed by atoms with Gasteiger partial charge in [-0.2, -0.15) is 0 Å². The number of amides is 2. The maximum atomic E-state index is 11.8. The van der Waals surface area contributed by atoms with E-state index in [0.29, 0.717) is 6.54 Å². The van der Waals surface area contributed by atoms with Gasteiger partial charge in [-0.3, -0.25) is 14.5 Å². The number of likely N-dealkylation sites (N-methyl/N-ethyl adjacent to an activating group) is 1. The summed E-state index contributed by atoms with van der Waals surface area (Å²) in [4.78, 5) is 25.1. The van der Waals surface area contributed by atoms with Crippen molar-refractivity contribution in [3.63, 3.8) is 0 Å². The maximum absolute atomic E-state index is 11.8. The van der Waals surface area contributed by atoms with Gasteiger partial charge in [0.15, 0.2) is 0 Å². The minimum absolute atomic E-state index is 0.0754. The molecule has 23 heavy (non-hydrogen) atoms. The van der Waals surface area contributed by atoms with Gasteiger partial charge in [0, 0.05) is 12.6 Å². The van der Waals surface area contributed by atoms with Crippen molar-refractivity contribution in [2.24, 2.45) is 0 Å². The van der Waals surface area contributed by atoms with Crippen LogP contribution in [0, 0.1) is 0 Å². The van der Waals surface area contributed by atoms with Crippen molar-refractivity contribution in [1.82, 2.24) is 15.5 Å². The number of methoxy groups -OCH3 is 1. The first-order chi connectivity index (χ1) is 10.9. The van der Waals surface area contributed by atoms with E-state index < -0.39 is 0 Å². The van der Waals surface area contributed by atoms with E-state index in [-0.39, 0.29) is 30.9 Å².